The molecule has 0 heterocycles. The van der Waals surface area contributed by atoms with Crippen molar-refractivity contribution in [1.29, 1.82) is 0 Å². The smallest absolute Gasteiger partial charge is 0.306 e. The fourth-order valence-corrected chi connectivity index (χ4v) is 5.39. The number of esters is 1. The van der Waals surface area contributed by atoms with Gasteiger partial charge in [0.25, 0.3) is 0 Å². The second-order valence-electron chi connectivity index (χ2n) is 13.3. The first-order chi connectivity index (χ1) is 25.2. The van der Waals surface area contributed by atoms with Crippen LogP contribution in [0.1, 0.15) is 168 Å². The van der Waals surface area contributed by atoms with E-state index in [9.17, 15) is 9.90 Å². The number of allylic oxidation sites excluding steroid dienone is 16. The lowest BCUT2D eigenvalue weighted by Gasteiger charge is -2.15. The van der Waals surface area contributed by atoms with Crippen molar-refractivity contribution in [3.05, 3.63) is 97.2 Å². The van der Waals surface area contributed by atoms with Gasteiger partial charge in [-0.2, -0.15) is 0 Å². The molecule has 0 spiro atoms. The summed E-state index contributed by atoms with van der Waals surface area (Å²) in [6, 6.07) is 0. The molecule has 290 valence electrons. The molecule has 0 bridgehead atoms. The summed E-state index contributed by atoms with van der Waals surface area (Å²) in [6.07, 6.45) is 62.0. The molecule has 0 saturated heterocycles. The Hall–Kier alpha value is -2.69. The molecule has 0 aliphatic rings. The highest BCUT2D eigenvalue weighted by Gasteiger charge is 2.13. The van der Waals surface area contributed by atoms with Gasteiger partial charge in [-0.1, -0.05) is 182 Å². The summed E-state index contributed by atoms with van der Waals surface area (Å²) in [6.45, 7) is 5.02. The second-order valence-corrected chi connectivity index (χ2v) is 13.3. The van der Waals surface area contributed by atoms with E-state index in [1.807, 2.05) is 6.08 Å². The third kappa shape index (κ3) is 41.6. The van der Waals surface area contributed by atoms with Gasteiger partial charge in [-0.05, 0) is 77.0 Å². The zero-order chi connectivity index (χ0) is 37.0. The molecule has 0 saturated carbocycles. The standard InChI is InChI=1S/C47H78O4/c1-3-5-7-9-11-13-15-17-18-19-20-21-22-23-24-25-26-27-28-29-31-33-35-37-39-41-43-50-45-46(44-48)51-47(49)42-40-38-36-34-32-30-16-14-12-10-8-6-4-2/h5-8,11-14,17-18,20-21,30,32,36,38,46,48H,3-4,9-10,15-16,19,22-29,31,33-35,37,39-45H2,1-2H3/b7-5-,8-6-,13-11-,14-12-,18-17-,21-20-,32-30-,38-36-. The van der Waals surface area contributed by atoms with E-state index in [1.165, 1.54) is 83.5 Å². The van der Waals surface area contributed by atoms with Crippen molar-refractivity contribution >= 4 is 5.97 Å². The predicted molar refractivity (Wildman–Crippen MR) is 223 cm³/mol. The summed E-state index contributed by atoms with van der Waals surface area (Å²) in [7, 11) is 0. The first-order valence-electron chi connectivity index (χ1n) is 20.8. The highest BCUT2D eigenvalue weighted by atomic mass is 16.6. The van der Waals surface area contributed by atoms with E-state index in [0.717, 1.165) is 57.8 Å². The lowest BCUT2D eigenvalue weighted by atomic mass is 10.0. The molecule has 0 radical (unpaired) electrons. The molecular formula is C47H78O4. The van der Waals surface area contributed by atoms with Crippen LogP contribution < -0.4 is 0 Å². The Balaban J connectivity index is 3.49. The molecule has 1 atom stereocenters. The quantitative estimate of drug-likeness (QED) is 0.0397. The van der Waals surface area contributed by atoms with Crippen LogP contribution in [0.5, 0.6) is 0 Å². The average Bonchev–Trinajstić information content (AvgIpc) is 3.14. The summed E-state index contributed by atoms with van der Waals surface area (Å²) in [4.78, 5) is 12.1. The summed E-state index contributed by atoms with van der Waals surface area (Å²) in [5.74, 6) is -0.284. The third-order valence-corrected chi connectivity index (χ3v) is 8.42. The summed E-state index contributed by atoms with van der Waals surface area (Å²) >= 11 is 0. The van der Waals surface area contributed by atoms with Gasteiger partial charge in [0.1, 0.15) is 6.10 Å². The number of carbonyl (C=O) groups excluding carboxylic acids is 1. The molecule has 4 nitrogen and oxygen atoms in total. The van der Waals surface area contributed by atoms with Crippen LogP contribution in [-0.4, -0.2) is 37.0 Å². The average molecular weight is 707 g/mol. The predicted octanol–water partition coefficient (Wildman–Crippen LogP) is 13.8. The maximum absolute atomic E-state index is 12.1. The van der Waals surface area contributed by atoms with E-state index >= 15 is 0 Å². The largest absolute Gasteiger partial charge is 0.457 e. The number of rotatable bonds is 37. The summed E-state index contributed by atoms with van der Waals surface area (Å²) < 4.78 is 11.1. The summed E-state index contributed by atoms with van der Waals surface area (Å²) in [5, 5.41) is 9.57. The maximum atomic E-state index is 12.1. The Labute approximate surface area is 315 Å². The van der Waals surface area contributed by atoms with Gasteiger partial charge >= 0.3 is 5.97 Å². The Morgan fingerprint density at radius 3 is 1.24 bits per heavy atom. The van der Waals surface area contributed by atoms with Gasteiger partial charge in [-0.3, -0.25) is 4.79 Å². The normalized spacial score (nSPS) is 13.4. The number of hydrogen-bond donors (Lipinski definition) is 1. The molecule has 0 aromatic rings. The van der Waals surface area contributed by atoms with Crippen LogP contribution in [0.3, 0.4) is 0 Å². The van der Waals surface area contributed by atoms with E-state index in [-0.39, 0.29) is 19.2 Å². The van der Waals surface area contributed by atoms with Crippen molar-refractivity contribution in [2.75, 3.05) is 19.8 Å². The minimum atomic E-state index is -0.578. The van der Waals surface area contributed by atoms with Crippen molar-refractivity contribution in [3.8, 4) is 0 Å². The molecule has 0 aromatic carbocycles. The van der Waals surface area contributed by atoms with Crippen LogP contribution in [0.25, 0.3) is 0 Å². The highest BCUT2D eigenvalue weighted by Crippen LogP contribution is 2.13. The van der Waals surface area contributed by atoms with Gasteiger partial charge in [0.15, 0.2) is 0 Å². The third-order valence-electron chi connectivity index (χ3n) is 8.42. The van der Waals surface area contributed by atoms with Gasteiger partial charge in [-0.25, -0.2) is 0 Å². The fraction of sp³-hybridized carbons (Fsp3) is 0.638. The van der Waals surface area contributed by atoms with E-state index < -0.39 is 6.10 Å². The topological polar surface area (TPSA) is 55.8 Å². The number of aliphatic hydroxyl groups excluding tert-OH is 1. The molecule has 51 heavy (non-hydrogen) atoms. The van der Waals surface area contributed by atoms with Crippen molar-refractivity contribution in [2.45, 2.75) is 174 Å². The number of ether oxygens (including phenoxy) is 2. The van der Waals surface area contributed by atoms with E-state index in [4.69, 9.17) is 9.47 Å². The highest BCUT2D eigenvalue weighted by molar-refractivity contribution is 5.69. The van der Waals surface area contributed by atoms with Crippen molar-refractivity contribution in [1.82, 2.24) is 0 Å². The van der Waals surface area contributed by atoms with E-state index in [0.29, 0.717) is 19.4 Å². The van der Waals surface area contributed by atoms with E-state index in [2.05, 4.69) is 105 Å². The fourth-order valence-electron chi connectivity index (χ4n) is 5.39. The van der Waals surface area contributed by atoms with Gasteiger partial charge in [-0.15, -0.1) is 0 Å². The van der Waals surface area contributed by atoms with Crippen LogP contribution >= 0.6 is 0 Å². The number of carbonyl (C=O) groups is 1. The van der Waals surface area contributed by atoms with Crippen molar-refractivity contribution in [2.24, 2.45) is 0 Å². The minimum Gasteiger partial charge on any atom is -0.457 e. The van der Waals surface area contributed by atoms with Gasteiger partial charge < -0.3 is 14.6 Å². The Morgan fingerprint density at radius 1 is 0.471 bits per heavy atom. The molecule has 0 rings (SSSR count). The number of hydrogen-bond acceptors (Lipinski definition) is 4. The van der Waals surface area contributed by atoms with Crippen LogP contribution in [0, 0.1) is 0 Å². The minimum absolute atomic E-state index is 0.206. The molecule has 0 aliphatic carbocycles. The Kier molecular flexibility index (Phi) is 41.2. The molecule has 0 amide bonds. The Morgan fingerprint density at radius 2 is 0.824 bits per heavy atom. The van der Waals surface area contributed by atoms with Gasteiger partial charge in [0.2, 0.25) is 0 Å². The molecular weight excluding hydrogens is 629 g/mol. The van der Waals surface area contributed by atoms with Crippen LogP contribution in [0.2, 0.25) is 0 Å². The van der Waals surface area contributed by atoms with Crippen molar-refractivity contribution < 1.29 is 19.4 Å². The zero-order valence-electron chi connectivity index (χ0n) is 33.1. The number of unbranched alkanes of at least 4 members (excludes halogenated alkanes) is 13. The Bertz CT molecular complexity index is 965. The van der Waals surface area contributed by atoms with E-state index in [1.54, 1.807) is 0 Å². The monoisotopic (exact) mass is 707 g/mol. The van der Waals surface area contributed by atoms with Crippen LogP contribution in [0.4, 0.5) is 0 Å². The second kappa shape index (κ2) is 43.5. The molecule has 4 heteroatoms. The molecule has 0 fully saturated rings. The van der Waals surface area contributed by atoms with Crippen LogP contribution in [-0.2, 0) is 14.3 Å². The molecule has 1 unspecified atom stereocenters. The number of aliphatic hydroxyl groups is 1. The first kappa shape index (κ1) is 48.3. The lowest BCUT2D eigenvalue weighted by molar-refractivity contribution is -0.154. The molecule has 0 aliphatic heterocycles. The molecule has 1 N–H and O–H groups in total. The van der Waals surface area contributed by atoms with Gasteiger partial charge in [0.05, 0.1) is 13.2 Å². The molecule has 0 aromatic heterocycles. The van der Waals surface area contributed by atoms with Crippen molar-refractivity contribution in [3.63, 3.8) is 0 Å². The maximum Gasteiger partial charge on any atom is 0.306 e. The van der Waals surface area contributed by atoms with Gasteiger partial charge in [0, 0.05) is 13.0 Å². The first-order valence-corrected chi connectivity index (χ1v) is 20.8. The SMILES string of the molecule is CC/C=C\C/C=C\C/C=C\C/C=C\CCCCCCCCCCCCCCCOCC(CO)OC(=O)CC/C=C\C/C=C\C/C=C\C/C=C\CC. The summed E-state index contributed by atoms with van der Waals surface area (Å²) in [5.41, 5.74) is 0. The van der Waals surface area contributed by atoms with Crippen LogP contribution in [0.15, 0.2) is 97.2 Å². The lowest BCUT2D eigenvalue weighted by Crippen LogP contribution is -2.27. The zero-order valence-corrected chi connectivity index (χ0v) is 33.1.